The molecule has 0 bridgehead atoms. The number of para-hydroxylation sites is 2. The van der Waals surface area contributed by atoms with E-state index < -0.39 is 0 Å². The van der Waals surface area contributed by atoms with Crippen LogP contribution in [0.3, 0.4) is 0 Å². The average Bonchev–Trinajstić information content (AvgIpc) is 2.73. The minimum Gasteiger partial charge on any atom is -0.485 e. The number of nitrogens with zero attached hydrogens (tertiary/aromatic N) is 2. The van der Waals surface area contributed by atoms with Crippen LogP contribution in [0.1, 0.15) is 21.6 Å². The second kappa shape index (κ2) is 8.51. The number of fused-ring (bicyclic) bond motifs is 1. The van der Waals surface area contributed by atoms with Gasteiger partial charge in [-0.15, -0.1) is 0 Å². The molecule has 150 valence electrons. The highest BCUT2D eigenvalue weighted by molar-refractivity contribution is 9.10. The second-order valence-electron chi connectivity index (χ2n) is 6.76. The van der Waals surface area contributed by atoms with E-state index in [4.69, 9.17) is 4.74 Å². The van der Waals surface area contributed by atoms with Crippen LogP contribution in [0.5, 0.6) is 5.75 Å². The number of benzene rings is 2. The normalized spacial score (nSPS) is 10.7. The summed E-state index contributed by atoms with van der Waals surface area (Å²) in [6.07, 6.45) is 1.71. The zero-order valence-electron chi connectivity index (χ0n) is 16.1. The molecule has 2 heterocycles. The van der Waals surface area contributed by atoms with E-state index in [0.717, 1.165) is 10.0 Å². The SMILES string of the molecule is Cc1ccn2c(=O)cc(COc3ccccc3NC(=O)c3ccc(Br)cc3)nc2c1. The van der Waals surface area contributed by atoms with Gasteiger partial charge in [-0.25, -0.2) is 4.98 Å². The third-order valence-electron chi connectivity index (χ3n) is 4.49. The number of nitrogens with one attached hydrogen (secondary N) is 1. The molecular weight excluding hydrogens is 446 g/mol. The quantitative estimate of drug-likeness (QED) is 0.469. The second-order valence-corrected chi connectivity index (χ2v) is 7.68. The number of aryl methyl sites for hydroxylation is 1. The molecular formula is C23H18BrN3O3. The van der Waals surface area contributed by atoms with Gasteiger partial charge in [-0.3, -0.25) is 14.0 Å². The Hall–Kier alpha value is -3.45. The van der Waals surface area contributed by atoms with Crippen molar-refractivity contribution in [3.8, 4) is 5.75 Å². The number of anilines is 1. The number of carbonyl (C=O) groups is 1. The maximum absolute atomic E-state index is 12.5. The number of aromatic nitrogens is 2. The smallest absolute Gasteiger partial charge is 0.258 e. The van der Waals surface area contributed by atoms with Crippen LogP contribution in [-0.4, -0.2) is 15.3 Å². The fraction of sp³-hybridized carbons (Fsp3) is 0.0870. The summed E-state index contributed by atoms with van der Waals surface area (Å²) in [6.45, 7) is 2.05. The molecule has 1 amide bonds. The molecule has 0 spiro atoms. The first-order valence-corrected chi connectivity index (χ1v) is 10.1. The molecule has 0 aliphatic rings. The Kier molecular flexibility index (Phi) is 5.63. The summed E-state index contributed by atoms with van der Waals surface area (Å²) in [5.41, 5.74) is 3.00. The lowest BCUT2D eigenvalue weighted by atomic mass is 10.2. The van der Waals surface area contributed by atoms with Crippen molar-refractivity contribution in [3.63, 3.8) is 0 Å². The summed E-state index contributed by atoms with van der Waals surface area (Å²) in [6, 6.07) is 19.4. The molecule has 0 fully saturated rings. The van der Waals surface area contributed by atoms with Crippen LogP contribution in [0.15, 0.2) is 82.2 Å². The number of pyridine rings is 1. The van der Waals surface area contributed by atoms with Gasteiger partial charge >= 0.3 is 0 Å². The fourth-order valence-corrected chi connectivity index (χ4v) is 3.24. The highest BCUT2D eigenvalue weighted by Gasteiger charge is 2.11. The van der Waals surface area contributed by atoms with Crippen molar-refractivity contribution in [2.75, 3.05) is 5.32 Å². The first-order chi connectivity index (χ1) is 14.5. The van der Waals surface area contributed by atoms with Crippen molar-refractivity contribution in [1.29, 1.82) is 0 Å². The number of halogens is 1. The van der Waals surface area contributed by atoms with Crippen molar-refractivity contribution in [2.24, 2.45) is 0 Å². The molecule has 4 rings (SSSR count). The van der Waals surface area contributed by atoms with Gasteiger partial charge in [0, 0.05) is 22.3 Å². The standard InChI is InChI=1S/C23H18BrN3O3/c1-15-10-11-27-21(12-15)25-18(13-22(27)28)14-30-20-5-3-2-4-19(20)26-23(29)16-6-8-17(24)9-7-16/h2-13H,14H2,1H3,(H,26,29). The van der Waals surface area contributed by atoms with Crippen molar-refractivity contribution in [2.45, 2.75) is 13.5 Å². The van der Waals surface area contributed by atoms with Gasteiger partial charge in [-0.05, 0) is 61.0 Å². The lowest BCUT2D eigenvalue weighted by Gasteiger charge is -2.13. The van der Waals surface area contributed by atoms with Gasteiger partial charge in [0.25, 0.3) is 11.5 Å². The van der Waals surface area contributed by atoms with Gasteiger partial charge < -0.3 is 10.1 Å². The van der Waals surface area contributed by atoms with Crippen LogP contribution >= 0.6 is 15.9 Å². The predicted octanol–water partition coefficient (Wildman–Crippen LogP) is 4.60. The molecule has 1 N–H and O–H groups in total. The average molecular weight is 464 g/mol. The third-order valence-corrected chi connectivity index (χ3v) is 5.02. The molecule has 0 radical (unpaired) electrons. The molecule has 6 nitrogen and oxygen atoms in total. The molecule has 0 saturated carbocycles. The summed E-state index contributed by atoms with van der Waals surface area (Å²) in [7, 11) is 0. The number of hydrogen-bond acceptors (Lipinski definition) is 4. The molecule has 0 unspecified atom stereocenters. The summed E-state index contributed by atoms with van der Waals surface area (Å²) >= 11 is 3.36. The largest absolute Gasteiger partial charge is 0.485 e. The van der Waals surface area contributed by atoms with E-state index in [-0.39, 0.29) is 18.1 Å². The van der Waals surface area contributed by atoms with E-state index in [1.54, 1.807) is 30.5 Å². The van der Waals surface area contributed by atoms with E-state index in [0.29, 0.717) is 28.3 Å². The maximum atomic E-state index is 12.5. The van der Waals surface area contributed by atoms with Crippen LogP contribution in [-0.2, 0) is 6.61 Å². The van der Waals surface area contributed by atoms with Gasteiger partial charge in [-0.1, -0.05) is 28.1 Å². The topological polar surface area (TPSA) is 72.7 Å². The molecule has 2 aromatic heterocycles. The zero-order chi connectivity index (χ0) is 21.1. The number of hydrogen-bond donors (Lipinski definition) is 1. The third kappa shape index (κ3) is 4.41. The Morgan fingerprint density at radius 3 is 2.67 bits per heavy atom. The van der Waals surface area contributed by atoms with Gasteiger partial charge in [0.15, 0.2) is 0 Å². The summed E-state index contributed by atoms with van der Waals surface area (Å²) in [5, 5.41) is 2.87. The number of rotatable bonds is 5. The van der Waals surface area contributed by atoms with Crippen LogP contribution in [0.4, 0.5) is 5.69 Å². The van der Waals surface area contributed by atoms with Crippen molar-refractivity contribution < 1.29 is 9.53 Å². The lowest BCUT2D eigenvalue weighted by molar-refractivity contribution is 0.102. The maximum Gasteiger partial charge on any atom is 0.258 e. The number of ether oxygens (including phenoxy) is 1. The number of amides is 1. The van der Waals surface area contributed by atoms with E-state index >= 15 is 0 Å². The molecule has 7 heteroatoms. The minimum atomic E-state index is -0.240. The Morgan fingerprint density at radius 1 is 1.10 bits per heavy atom. The van der Waals surface area contributed by atoms with Crippen LogP contribution in [0.25, 0.3) is 5.65 Å². The highest BCUT2D eigenvalue weighted by atomic mass is 79.9. The van der Waals surface area contributed by atoms with Crippen molar-refractivity contribution in [1.82, 2.24) is 9.38 Å². The fourth-order valence-electron chi connectivity index (χ4n) is 2.97. The van der Waals surface area contributed by atoms with E-state index in [2.05, 4.69) is 26.2 Å². The van der Waals surface area contributed by atoms with E-state index in [1.165, 1.54) is 10.5 Å². The van der Waals surface area contributed by atoms with Gasteiger partial charge in [0.1, 0.15) is 18.0 Å². The lowest BCUT2D eigenvalue weighted by Crippen LogP contribution is -2.16. The van der Waals surface area contributed by atoms with E-state index in [9.17, 15) is 9.59 Å². The first-order valence-electron chi connectivity index (χ1n) is 9.27. The van der Waals surface area contributed by atoms with Crippen LogP contribution in [0.2, 0.25) is 0 Å². The molecule has 4 aromatic rings. The predicted molar refractivity (Wildman–Crippen MR) is 119 cm³/mol. The Labute approximate surface area is 181 Å². The minimum absolute atomic E-state index is 0.102. The Morgan fingerprint density at radius 2 is 1.87 bits per heavy atom. The van der Waals surface area contributed by atoms with Crippen molar-refractivity contribution >= 4 is 33.2 Å². The first kappa shape index (κ1) is 19.8. The Bertz CT molecular complexity index is 1280. The summed E-state index contributed by atoms with van der Waals surface area (Å²) in [4.78, 5) is 29.4. The summed E-state index contributed by atoms with van der Waals surface area (Å²) < 4.78 is 8.27. The van der Waals surface area contributed by atoms with Gasteiger partial charge in [-0.2, -0.15) is 0 Å². The Balaban J connectivity index is 1.53. The number of carbonyl (C=O) groups excluding carboxylic acids is 1. The van der Waals surface area contributed by atoms with Crippen LogP contribution in [0, 0.1) is 6.92 Å². The van der Waals surface area contributed by atoms with Gasteiger partial charge in [0.05, 0.1) is 11.4 Å². The van der Waals surface area contributed by atoms with Crippen LogP contribution < -0.4 is 15.6 Å². The van der Waals surface area contributed by atoms with Crippen molar-refractivity contribution in [3.05, 3.63) is 105 Å². The highest BCUT2D eigenvalue weighted by Crippen LogP contribution is 2.25. The zero-order valence-corrected chi connectivity index (χ0v) is 17.7. The van der Waals surface area contributed by atoms with Gasteiger partial charge in [0.2, 0.25) is 0 Å². The summed E-state index contributed by atoms with van der Waals surface area (Å²) in [5.74, 6) is 0.255. The molecule has 0 aliphatic heterocycles. The molecule has 30 heavy (non-hydrogen) atoms. The molecule has 0 saturated heterocycles. The monoisotopic (exact) mass is 463 g/mol. The molecule has 2 aromatic carbocycles. The molecule has 0 atom stereocenters. The molecule has 0 aliphatic carbocycles. The van der Waals surface area contributed by atoms with E-state index in [1.807, 2.05) is 43.3 Å².